The molecule has 1 aromatic rings. The van der Waals surface area contributed by atoms with Crippen LogP contribution in [0.5, 0.6) is 0 Å². The molecule has 11 heteroatoms. The summed E-state index contributed by atoms with van der Waals surface area (Å²) in [5.74, 6) is 5.30. The van der Waals surface area contributed by atoms with Crippen LogP contribution in [0, 0.1) is 11.8 Å². The summed E-state index contributed by atoms with van der Waals surface area (Å²) in [4.78, 5) is 26.4. The van der Waals surface area contributed by atoms with Gasteiger partial charge in [0.15, 0.2) is 6.23 Å². The largest absolute Gasteiger partial charge is 0.414 e. The van der Waals surface area contributed by atoms with Gasteiger partial charge < -0.3 is 17.7 Å². The third-order valence-corrected chi connectivity index (χ3v) is 17.4. The number of aromatic nitrogens is 2. The number of H-pyrrole nitrogens is 1. The maximum absolute atomic E-state index is 17.0. The second-order valence-corrected chi connectivity index (χ2v) is 19.5. The minimum absolute atomic E-state index is 0.0112. The number of hydrogen-bond donors (Lipinski definition) is 1. The van der Waals surface area contributed by atoms with Gasteiger partial charge in [0.1, 0.15) is 12.2 Å². The zero-order chi connectivity index (χ0) is 26.3. The normalized spacial score (nSPS) is 30.2. The zero-order valence-electron chi connectivity index (χ0n) is 22.2. The molecule has 3 heterocycles. The molecule has 0 spiro atoms. The van der Waals surface area contributed by atoms with Gasteiger partial charge in [0, 0.05) is 12.3 Å². The second-order valence-electron chi connectivity index (χ2n) is 10.7. The molecule has 0 radical (unpaired) electrons. The van der Waals surface area contributed by atoms with E-state index in [-0.39, 0.29) is 28.8 Å². The van der Waals surface area contributed by atoms with Crippen LogP contribution in [0.25, 0.3) is 0 Å². The van der Waals surface area contributed by atoms with Crippen molar-refractivity contribution in [1.82, 2.24) is 9.55 Å². The summed E-state index contributed by atoms with van der Waals surface area (Å²) in [6, 6.07) is 1.15. The van der Waals surface area contributed by atoms with Crippen molar-refractivity contribution in [3.63, 3.8) is 0 Å². The highest BCUT2D eigenvalue weighted by Gasteiger charge is 2.66. The van der Waals surface area contributed by atoms with Gasteiger partial charge in [-0.15, -0.1) is 5.92 Å². The molecule has 3 rings (SSSR count). The monoisotopic (exact) mass is 526 g/mol. The number of aromatic amines is 1. The summed E-state index contributed by atoms with van der Waals surface area (Å²) >= 11 is 0. The van der Waals surface area contributed by atoms with Gasteiger partial charge >= 0.3 is 22.8 Å². The molecule has 1 aromatic heterocycles. The Kier molecular flexibility index (Phi) is 8.06. The van der Waals surface area contributed by atoms with Crippen molar-refractivity contribution in [2.24, 2.45) is 0 Å². The topological polar surface area (TPSA) is 91.8 Å². The molecule has 2 aliphatic rings. The quantitative estimate of drug-likeness (QED) is 0.458. The van der Waals surface area contributed by atoms with Crippen LogP contribution < -0.4 is 11.2 Å². The Morgan fingerprint density at radius 3 is 2.11 bits per heavy atom. The number of nitrogens with one attached hydrogen (secondary N) is 1. The van der Waals surface area contributed by atoms with Crippen LogP contribution in [-0.2, 0) is 17.7 Å². The van der Waals surface area contributed by atoms with E-state index in [1.54, 1.807) is 0 Å². The van der Waals surface area contributed by atoms with E-state index in [0.717, 1.165) is 10.6 Å². The van der Waals surface area contributed by atoms with E-state index >= 15 is 4.39 Å². The van der Waals surface area contributed by atoms with Crippen LogP contribution >= 0.6 is 0 Å². The van der Waals surface area contributed by atoms with E-state index in [1.165, 1.54) is 13.1 Å². The highest BCUT2D eigenvalue weighted by Crippen LogP contribution is 2.51. The van der Waals surface area contributed by atoms with Crippen LogP contribution in [0.4, 0.5) is 4.39 Å². The van der Waals surface area contributed by atoms with Crippen molar-refractivity contribution >= 4 is 17.1 Å². The van der Waals surface area contributed by atoms with Crippen LogP contribution in [0.3, 0.4) is 0 Å². The Balaban J connectivity index is 2.23. The smallest absolute Gasteiger partial charge is 0.335 e. The zero-order valence-corrected chi connectivity index (χ0v) is 24.2. The lowest BCUT2D eigenvalue weighted by atomic mass is 9.96. The van der Waals surface area contributed by atoms with Crippen LogP contribution in [0.1, 0.15) is 68.5 Å². The molecule has 0 bridgehead atoms. The van der Waals surface area contributed by atoms with Crippen LogP contribution in [0.15, 0.2) is 21.9 Å². The van der Waals surface area contributed by atoms with Crippen LogP contribution in [0.2, 0.25) is 22.2 Å². The van der Waals surface area contributed by atoms with Gasteiger partial charge in [-0.1, -0.05) is 61.3 Å². The Labute approximate surface area is 209 Å². The first-order chi connectivity index (χ1) is 16.2. The molecular formula is C24H39FN2O6Si2. The predicted octanol–water partition coefficient (Wildman–Crippen LogP) is 4.12. The highest BCUT2D eigenvalue weighted by atomic mass is 28.5. The maximum Gasteiger partial charge on any atom is 0.335 e. The molecule has 1 N–H and O–H groups in total. The highest BCUT2D eigenvalue weighted by molar-refractivity contribution is 6.84. The molecule has 2 aliphatic heterocycles. The summed E-state index contributed by atoms with van der Waals surface area (Å²) < 4.78 is 44.9. The molecule has 1 unspecified atom stereocenters. The molecular weight excluding hydrogens is 487 g/mol. The van der Waals surface area contributed by atoms with Gasteiger partial charge in [0.25, 0.3) is 5.56 Å². The van der Waals surface area contributed by atoms with Crippen molar-refractivity contribution in [3.05, 3.63) is 33.1 Å². The van der Waals surface area contributed by atoms with Gasteiger partial charge in [-0.25, -0.2) is 9.18 Å². The summed E-state index contributed by atoms with van der Waals surface area (Å²) in [5, 5.41) is 0. The first kappa shape index (κ1) is 28.0. The van der Waals surface area contributed by atoms with E-state index in [2.05, 4.69) is 44.5 Å². The van der Waals surface area contributed by atoms with E-state index in [4.69, 9.17) is 17.7 Å². The lowest BCUT2D eigenvalue weighted by Gasteiger charge is -2.51. The molecule has 0 aliphatic carbocycles. The standard InChI is InChI=1S/C24H39FN2O6Si2/c1-10-12-24(25)21-19(31-22(24)27-13-11-20(28)26-23(27)29)14-30-34(15(2)3,16(4)5)33-35(32-21,17(6)7)18(8)9/h11,13,15-19,21-22H,14H2,1-9H3,(H,26,28,29)/t19-,21-,22?,24-/m1/s1. The van der Waals surface area contributed by atoms with E-state index < -0.39 is 52.5 Å². The molecule has 35 heavy (non-hydrogen) atoms. The molecule has 2 saturated heterocycles. The van der Waals surface area contributed by atoms with Crippen molar-refractivity contribution in [1.29, 1.82) is 0 Å². The Morgan fingerprint density at radius 1 is 1.06 bits per heavy atom. The molecule has 0 amide bonds. The Bertz CT molecular complexity index is 1080. The Hall–Kier alpha value is -1.56. The summed E-state index contributed by atoms with van der Waals surface area (Å²) in [7, 11) is -5.98. The number of ether oxygens (including phenoxy) is 1. The SMILES string of the molecule is CC#C[C@]1(F)C(n2ccc(=O)[nH]c2=O)O[C@@H]2CO[Si](C(C)C)(C(C)C)O[Si](C(C)C)(C(C)C)O[C@H]21. The molecule has 2 fully saturated rings. The lowest BCUT2D eigenvalue weighted by Crippen LogP contribution is -2.66. The van der Waals surface area contributed by atoms with E-state index in [0.29, 0.717) is 0 Å². The first-order valence-electron chi connectivity index (χ1n) is 12.4. The van der Waals surface area contributed by atoms with Crippen LogP contribution in [-0.4, -0.2) is 51.2 Å². The number of halogens is 1. The molecule has 196 valence electrons. The third kappa shape index (κ3) is 4.65. The lowest BCUT2D eigenvalue weighted by molar-refractivity contribution is -0.0598. The number of fused-ring (bicyclic) bond motifs is 1. The number of alkyl halides is 1. The summed E-state index contributed by atoms with van der Waals surface area (Å²) in [6.45, 7) is 18.2. The Morgan fingerprint density at radius 2 is 1.63 bits per heavy atom. The van der Waals surface area contributed by atoms with Gasteiger partial charge in [-0.3, -0.25) is 14.3 Å². The van der Waals surface area contributed by atoms with Crippen molar-refractivity contribution in [3.8, 4) is 11.8 Å². The third-order valence-electron chi connectivity index (χ3n) is 7.16. The summed E-state index contributed by atoms with van der Waals surface area (Å²) in [6.07, 6.45) is -2.15. The van der Waals surface area contributed by atoms with E-state index in [1.807, 2.05) is 27.7 Å². The first-order valence-corrected chi connectivity index (χ1v) is 16.3. The molecule has 4 atom stereocenters. The number of rotatable bonds is 5. The fraction of sp³-hybridized carbons (Fsp3) is 0.750. The predicted molar refractivity (Wildman–Crippen MR) is 136 cm³/mol. The average molecular weight is 527 g/mol. The molecule has 0 saturated carbocycles. The van der Waals surface area contributed by atoms with E-state index in [9.17, 15) is 9.59 Å². The molecule has 0 aromatic carbocycles. The van der Waals surface area contributed by atoms with Crippen molar-refractivity contribution in [2.45, 2.75) is 109 Å². The van der Waals surface area contributed by atoms with Gasteiger partial charge in [-0.2, -0.15) is 0 Å². The van der Waals surface area contributed by atoms with Gasteiger partial charge in [0.2, 0.25) is 5.67 Å². The van der Waals surface area contributed by atoms with Gasteiger partial charge in [0.05, 0.1) is 6.61 Å². The minimum Gasteiger partial charge on any atom is -0.414 e. The van der Waals surface area contributed by atoms with Gasteiger partial charge in [-0.05, 0) is 29.1 Å². The molecule has 8 nitrogen and oxygen atoms in total. The fourth-order valence-corrected chi connectivity index (χ4v) is 16.6. The second kappa shape index (κ2) is 10.1. The van der Waals surface area contributed by atoms with Crippen molar-refractivity contribution in [2.75, 3.05) is 6.61 Å². The number of nitrogens with zero attached hydrogens (tertiary/aromatic N) is 1. The minimum atomic E-state index is -3.13. The fourth-order valence-electron chi connectivity index (χ4n) is 5.36. The number of hydrogen-bond acceptors (Lipinski definition) is 6. The average Bonchev–Trinajstić information content (AvgIpc) is 2.98. The maximum atomic E-state index is 17.0. The van der Waals surface area contributed by atoms with Crippen molar-refractivity contribution < 1.29 is 22.1 Å². The summed E-state index contributed by atoms with van der Waals surface area (Å²) in [5.41, 5.74) is -3.50.